The van der Waals surface area contributed by atoms with Crippen molar-refractivity contribution in [2.45, 2.75) is 39.5 Å². The number of rotatable bonds is 10. The second kappa shape index (κ2) is 13.0. The molecule has 4 aromatic rings. The van der Waals surface area contributed by atoms with Crippen LogP contribution in [-0.2, 0) is 19.6 Å². The van der Waals surface area contributed by atoms with E-state index in [1.165, 1.54) is 38.3 Å². The number of nitrogens with one attached hydrogen (secondary N) is 2. The summed E-state index contributed by atoms with van der Waals surface area (Å²) >= 11 is 0. The van der Waals surface area contributed by atoms with Crippen molar-refractivity contribution in [3.8, 4) is 11.4 Å². The van der Waals surface area contributed by atoms with E-state index in [1.54, 1.807) is 30.5 Å². The zero-order valence-corrected chi connectivity index (χ0v) is 25.8. The Kier molecular flexibility index (Phi) is 9.35. The van der Waals surface area contributed by atoms with Crippen molar-refractivity contribution in [2.24, 2.45) is 5.10 Å². The van der Waals surface area contributed by atoms with Crippen LogP contribution in [0.1, 0.15) is 35.0 Å². The molecule has 0 aliphatic heterocycles. The summed E-state index contributed by atoms with van der Waals surface area (Å²) < 4.78 is 35.7. The third-order valence-corrected chi connectivity index (χ3v) is 8.53. The summed E-state index contributed by atoms with van der Waals surface area (Å²) in [6.45, 7) is 8.92. The van der Waals surface area contributed by atoms with Gasteiger partial charge in [-0.1, -0.05) is 6.07 Å². The van der Waals surface area contributed by atoms with E-state index >= 15 is 0 Å². The van der Waals surface area contributed by atoms with Crippen LogP contribution in [0.15, 0.2) is 82.8 Å². The third kappa shape index (κ3) is 7.31. The maximum atomic E-state index is 13.7. The average molecular weight is 602 g/mol. The number of nitrogens with zero attached hydrogens (tertiary/aromatic N) is 3. The summed E-state index contributed by atoms with van der Waals surface area (Å²) in [6, 6.07) is 20.4. The quantitative estimate of drug-likeness (QED) is 0.195. The Hall–Kier alpha value is -4.90. The largest absolute Gasteiger partial charge is 0.497 e. The van der Waals surface area contributed by atoms with E-state index in [-0.39, 0.29) is 16.5 Å². The molecule has 11 heteroatoms. The van der Waals surface area contributed by atoms with Crippen LogP contribution >= 0.6 is 0 Å². The molecular formula is C32H35N5O5S. The Labute approximate surface area is 252 Å². The van der Waals surface area contributed by atoms with Crippen molar-refractivity contribution >= 4 is 39.4 Å². The summed E-state index contributed by atoms with van der Waals surface area (Å²) in [5.74, 6) is -0.373. The summed E-state index contributed by atoms with van der Waals surface area (Å²) in [4.78, 5) is 24.3. The van der Waals surface area contributed by atoms with Gasteiger partial charge in [0.25, 0.3) is 15.9 Å². The van der Waals surface area contributed by atoms with E-state index in [1.807, 2.05) is 19.9 Å². The highest BCUT2D eigenvalue weighted by molar-refractivity contribution is 7.92. The molecule has 0 unspecified atom stereocenters. The lowest BCUT2D eigenvalue weighted by molar-refractivity contribution is -0.119. The number of benzene rings is 3. The second-order valence-corrected chi connectivity index (χ2v) is 12.1. The Morgan fingerprint density at radius 2 is 1.56 bits per heavy atom. The van der Waals surface area contributed by atoms with Crippen molar-refractivity contribution < 1.29 is 22.7 Å². The minimum Gasteiger partial charge on any atom is -0.497 e. The molecule has 0 saturated heterocycles. The van der Waals surface area contributed by atoms with Gasteiger partial charge < -0.3 is 14.6 Å². The topological polar surface area (TPSA) is 122 Å². The molecule has 0 saturated carbocycles. The van der Waals surface area contributed by atoms with Crippen LogP contribution in [-0.4, -0.2) is 44.7 Å². The Morgan fingerprint density at radius 1 is 0.930 bits per heavy atom. The van der Waals surface area contributed by atoms with E-state index in [9.17, 15) is 18.0 Å². The van der Waals surface area contributed by atoms with E-state index < -0.39 is 22.5 Å². The van der Waals surface area contributed by atoms with Gasteiger partial charge in [0.05, 0.1) is 23.9 Å². The number of ether oxygens (including phenoxy) is 1. The predicted molar refractivity (Wildman–Crippen MR) is 169 cm³/mol. The van der Waals surface area contributed by atoms with E-state index in [4.69, 9.17) is 4.74 Å². The summed E-state index contributed by atoms with van der Waals surface area (Å²) in [6.07, 6.45) is 1.55. The lowest BCUT2D eigenvalue weighted by atomic mass is 10.1. The highest BCUT2D eigenvalue weighted by atomic mass is 32.2. The first-order valence-corrected chi connectivity index (χ1v) is 15.0. The maximum Gasteiger partial charge on any atom is 0.264 e. The van der Waals surface area contributed by atoms with Gasteiger partial charge in [0.15, 0.2) is 0 Å². The molecule has 0 atom stereocenters. The zero-order chi connectivity index (χ0) is 31.3. The van der Waals surface area contributed by atoms with Gasteiger partial charge in [0, 0.05) is 35.2 Å². The fourth-order valence-corrected chi connectivity index (χ4v) is 6.26. The molecule has 2 N–H and O–H groups in total. The fourth-order valence-electron chi connectivity index (χ4n) is 4.84. The molecule has 3 aromatic carbocycles. The molecule has 1 heterocycles. The van der Waals surface area contributed by atoms with Gasteiger partial charge in [-0.2, -0.15) is 5.10 Å². The number of methoxy groups -OCH3 is 1. The maximum absolute atomic E-state index is 13.7. The van der Waals surface area contributed by atoms with Crippen LogP contribution in [0.4, 0.5) is 11.4 Å². The number of aryl methyl sites for hydroxylation is 3. The number of hydrogen-bond donors (Lipinski definition) is 2. The lowest BCUT2D eigenvalue weighted by Crippen LogP contribution is -2.39. The number of aromatic nitrogens is 1. The normalized spacial score (nSPS) is 11.4. The molecule has 43 heavy (non-hydrogen) atoms. The van der Waals surface area contributed by atoms with Gasteiger partial charge in [0.1, 0.15) is 12.3 Å². The molecule has 10 nitrogen and oxygen atoms in total. The van der Waals surface area contributed by atoms with Crippen LogP contribution in [0.5, 0.6) is 5.75 Å². The van der Waals surface area contributed by atoms with Gasteiger partial charge >= 0.3 is 0 Å². The molecule has 0 fully saturated rings. The number of amides is 2. The SMILES string of the molecule is COc1ccc(N(CC(=O)N/N=C/c2cc(C)n(-c3cc(C)cc(C)c3)c2C)S(=O)(=O)c2ccc(NC(C)=O)cc2)cc1. The van der Waals surface area contributed by atoms with Gasteiger partial charge in [0.2, 0.25) is 5.91 Å². The smallest absolute Gasteiger partial charge is 0.264 e. The molecule has 224 valence electrons. The molecule has 0 aliphatic carbocycles. The van der Waals surface area contributed by atoms with Crippen LogP contribution in [0.25, 0.3) is 5.69 Å². The second-order valence-electron chi connectivity index (χ2n) is 10.2. The van der Waals surface area contributed by atoms with Crippen molar-refractivity contribution in [2.75, 3.05) is 23.3 Å². The standard InChI is InChI=1S/C32H35N5O5S/c1-21-15-22(2)17-29(16-21)37-23(3)18-26(24(37)4)19-33-35-32(39)20-36(28-9-11-30(42-6)12-10-28)43(40,41)31-13-7-27(8-14-31)34-25(5)38/h7-19H,20H2,1-6H3,(H,34,38)(H,35,39)/b33-19+. The highest BCUT2D eigenvalue weighted by Crippen LogP contribution is 2.27. The van der Waals surface area contributed by atoms with Gasteiger partial charge in [-0.15, -0.1) is 0 Å². The first kappa shape index (κ1) is 31.0. The first-order chi connectivity index (χ1) is 20.4. The Bertz CT molecular complexity index is 1760. The minimum absolute atomic E-state index is 0.0486. The van der Waals surface area contributed by atoms with Crippen LogP contribution in [0.2, 0.25) is 0 Å². The van der Waals surface area contributed by atoms with Crippen LogP contribution < -0.4 is 19.8 Å². The number of carbonyl (C=O) groups excluding carboxylic acids is 2. The van der Waals surface area contributed by atoms with Gasteiger partial charge in [-0.25, -0.2) is 13.8 Å². The number of anilines is 2. The zero-order valence-electron chi connectivity index (χ0n) is 25.0. The minimum atomic E-state index is -4.17. The van der Waals surface area contributed by atoms with Crippen molar-refractivity contribution in [3.63, 3.8) is 0 Å². The first-order valence-electron chi connectivity index (χ1n) is 13.5. The third-order valence-electron chi connectivity index (χ3n) is 6.74. The lowest BCUT2D eigenvalue weighted by Gasteiger charge is -2.24. The van der Waals surface area contributed by atoms with Crippen molar-refractivity contribution in [3.05, 3.63) is 101 Å². The van der Waals surface area contributed by atoms with Crippen LogP contribution in [0.3, 0.4) is 0 Å². The molecule has 4 rings (SSSR count). The summed E-state index contributed by atoms with van der Waals surface area (Å²) in [7, 11) is -2.67. The molecule has 0 spiro atoms. The summed E-state index contributed by atoms with van der Waals surface area (Å²) in [5.41, 5.74) is 9.32. The monoisotopic (exact) mass is 601 g/mol. The van der Waals surface area contributed by atoms with E-state index in [2.05, 4.69) is 52.5 Å². The molecular weight excluding hydrogens is 566 g/mol. The van der Waals surface area contributed by atoms with Gasteiger partial charge in [-0.05, 0) is 106 Å². The Balaban J connectivity index is 1.56. The molecule has 2 amide bonds. The number of carbonyl (C=O) groups is 2. The average Bonchev–Trinajstić information content (AvgIpc) is 3.23. The Morgan fingerprint density at radius 3 is 2.14 bits per heavy atom. The predicted octanol–water partition coefficient (Wildman–Crippen LogP) is 5.02. The molecule has 0 bridgehead atoms. The fraction of sp³-hybridized carbons (Fsp3) is 0.219. The number of hydrogen-bond acceptors (Lipinski definition) is 6. The molecule has 0 radical (unpaired) electrons. The van der Waals surface area contributed by atoms with E-state index in [0.717, 1.165) is 38.1 Å². The number of sulfonamides is 1. The van der Waals surface area contributed by atoms with E-state index in [0.29, 0.717) is 11.4 Å². The van der Waals surface area contributed by atoms with Crippen molar-refractivity contribution in [1.82, 2.24) is 9.99 Å². The van der Waals surface area contributed by atoms with Crippen LogP contribution in [0, 0.1) is 27.7 Å². The highest BCUT2D eigenvalue weighted by Gasteiger charge is 2.27. The summed E-state index contributed by atoms with van der Waals surface area (Å²) in [5, 5.41) is 6.74. The van der Waals surface area contributed by atoms with Crippen molar-refractivity contribution in [1.29, 1.82) is 0 Å². The molecule has 0 aliphatic rings. The molecule has 1 aromatic heterocycles. The van der Waals surface area contributed by atoms with Gasteiger partial charge in [-0.3, -0.25) is 13.9 Å². The number of hydrazone groups is 1.